The number of amides is 1. The van der Waals surface area contributed by atoms with Crippen molar-refractivity contribution in [2.45, 2.75) is 43.9 Å². The van der Waals surface area contributed by atoms with Crippen LogP contribution in [0, 0.1) is 6.92 Å². The molecule has 6 nitrogen and oxygen atoms in total. The average molecular weight is 417 g/mol. The Morgan fingerprint density at radius 3 is 2.48 bits per heavy atom. The molecule has 1 amide bonds. The van der Waals surface area contributed by atoms with Gasteiger partial charge in [-0.3, -0.25) is 4.79 Å². The van der Waals surface area contributed by atoms with Crippen LogP contribution in [0.15, 0.2) is 47.4 Å². The molecular weight excluding hydrogens is 388 g/mol. The second kappa shape index (κ2) is 8.97. The number of aryl methyl sites for hydroxylation is 1. The van der Waals surface area contributed by atoms with E-state index in [1.165, 1.54) is 6.92 Å². The lowest BCUT2D eigenvalue weighted by atomic mass is 9.94. The third-order valence-electron chi connectivity index (χ3n) is 5.33. The number of carbonyl (C=O) groups excluding carboxylic acids is 1. The van der Waals surface area contributed by atoms with E-state index in [0.29, 0.717) is 29.2 Å². The fourth-order valence-corrected chi connectivity index (χ4v) is 5.56. The molecule has 1 atom stereocenters. The van der Waals surface area contributed by atoms with Gasteiger partial charge in [-0.05, 0) is 67.1 Å². The Balaban J connectivity index is 1.85. The van der Waals surface area contributed by atoms with Gasteiger partial charge in [0.1, 0.15) is 5.75 Å². The van der Waals surface area contributed by atoms with Crippen LogP contribution in [0.4, 0.5) is 5.69 Å². The lowest BCUT2D eigenvalue weighted by Gasteiger charge is -2.25. The molecule has 0 aromatic heterocycles. The zero-order chi connectivity index (χ0) is 21.0. The van der Waals surface area contributed by atoms with E-state index in [4.69, 9.17) is 4.74 Å². The van der Waals surface area contributed by atoms with E-state index in [-0.39, 0.29) is 11.8 Å². The Labute approximate surface area is 172 Å². The number of rotatable bonds is 5. The summed E-state index contributed by atoms with van der Waals surface area (Å²) in [5, 5.41) is 2.69. The lowest BCUT2D eigenvalue weighted by molar-refractivity contribution is -0.114. The van der Waals surface area contributed by atoms with Gasteiger partial charge in [-0.25, -0.2) is 8.42 Å². The maximum Gasteiger partial charge on any atom is 0.243 e. The summed E-state index contributed by atoms with van der Waals surface area (Å²) < 4.78 is 33.6. The Bertz CT molecular complexity index is 971. The van der Waals surface area contributed by atoms with Crippen LogP contribution >= 0.6 is 0 Å². The molecule has 29 heavy (non-hydrogen) atoms. The molecule has 2 aromatic carbocycles. The highest BCUT2D eigenvalue weighted by Gasteiger charge is 2.30. The number of ether oxygens (including phenoxy) is 1. The molecule has 1 aliphatic rings. The Kier molecular flexibility index (Phi) is 6.59. The number of nitrogens with one attached hydrogen (secondary N) is 1. The van der Waals surface area contributed by atoms with Gasteiger partial charge in [0.25, 0.3) is 0 Å². The van der Waals surface area contributed by atoms with Crippen LogP contribution in [0.5, 0.6) is 5.75 Å². The largest absolute Gasteiger partial charge is 0.497 e. The molecule has 1 aliphatic heterocycles. The van der Waals surface area contributed by atoms with Crippen LogP contribution in [0.3, 0.4) is 0 Å². The monoisotopic (exact) mass is 416 g/mol. The molecule has 3 rings (SSSR count). The summed E-state index contributed by atoms with van der Waals surface area (Å²) >= 11 is 0. The third kappa shape index (κ3) is 4.97. The van der Waals surface area contributed by atoms with E-state index in [9.17, 15) is 13.2 Å². The molecule has 7 heteroatoms. The van der Waals surface area contributed by atoms with Crippen LogP contribution in [0.1, 0.15) is 43.2 Å². The maximum atomic E-state index is 13.4. The number of nitrogens with zero attached hydrogens (tertiary/aromatic N) is 1. The molecule has 1 fully saturated rings. The molecule has 0 spiro atoms. The Hall–Kier alpha value is -2.38. The number of hydrogen-bond donors (Lipinski definition) is 1. The van der Waals surface area contributed by atoms with Crippen molar-refractivity contribution in [3.8, 4) is 5.75 Å². The first-order valence-electron chi connectivity index (χ1n) is 9.83. The van der Waals surface area contributed by atoms with Crippen LogP contribution in [-0.2, 0) is 14.8 Å². The number of hydrogen-bond acceptors (Lipinski definition) is 4. The first kappa shape index (κ1) is 21.3. The zero-order valence-corrected chi connectivity index (χ0v) is 18.0. The number of sulfonamides is 1. The molecule has 1 heterocycles. The fourth-order valence-electron chi connectivity index (χ4n) is 3.83. The molecule has 1 N–H and O–H groups in total. The first-order valence-corrected chi connectivity index (χ1v) is 11.3. The Morgan fingerprint density at radius 1 is 1.14 bits per heavy atom. The number of benzene rings is 2. The van der Waals surface area contributed by atoms with Gasteiger partial charge in [-0.1, -0.05) is 18.6 Å². The molecule has 0 bridgehead atoms. The topological polar surface area (TPSA) is 75.7 Å². The quantitative estimate of drug-likeness (QED) is 0.802. The smallest absolute Gasteiger partial charge is 0.243 e. The summed E-state index contributed by atoms with van der Waals surface area (Å²) in [6.07, 6.45) is 2.79. The summed E-state index contributed by atoms with van der Waals surface area (Å²) in [6.45, 7) is 4.16. The third-order valence-corrected chi connectivity index (χ3v) is 7.36. The minimum absolute atomic E-state index is 0.150. The minimum Gasteiger partial charge on any atom is -0.497 e. The highest BCUT2D eigenvalue weighted by Crippen LogP contribution is 2.31. The van der Waals surface area contributed by atoms with Gasteiger partial charge in [0.2, 0.25) is 15.9 Å². The first-order chi connectivity index (χ1) is 13.8. The highest BCUT2D eigenvalue weighted by molar-refractivity contribution is 7.89. The average Bonchev–Trinajstić information content (AvgIpc) is 2.94. The van der Waals surface area contributed by atoms with Crippen molar-refractivity contribution in [1.82, 2.24) is 4.31 Å². The van der Waals surface area contributed by atoms with Crippen molar-refractivity contribution in [2.75, 3.05) is 25.5 Å². The molecule has 0 aliphatic carbocycles. The van der Waals surface area contributed by atoms with E-state index in [2.05, 4.69) is 5.32 Å². The summed E-state index contributed by atoms with van der Waals surface area (Å²) in [4.78, 5) is 11.6. The van der Waals surface area contributed by atoms with E-state index in [1.54, 1.807) is 36.5 Å². The standard InChI is InChI=1S/C22H28N2O4S/c1-16-14-20(23-17(2)25)9-12-22(16)29(26,27)24-13-5-4-6-19(15-24)18-7-10-21(28-3)11-8-18/h7-12,14,19H,4-6,13,15H2,1-3H3,(H,23,25). The lowest BCUT2D eigenvalue weighted by Crippen LogP contribution is -2.34. The molecule has 0 saturated carbocycles. The van der Waals surface area contributed by atoms with Gasteiger partial charge in [-0.2, -0.15) is 4.31 Å². The molecule has 1 saturated heterocycles. The second-order valence-corrected chi connectivity index (χ2v) is 9.40. The SMILES string of the molecule is COc1ccc(C2CCCCN(S(=O)(=O)c3ccc(NC(C)=O)cc3C)C2)cc1. The summed E-state index contributed by atoms with van der Waals surface area (Å²) in [5.74, 6) is 0.758. The van der Waals surface area contributed by atoms with Gasteiger partial charge in [-0.15, -0.1) is 0 Å². The van der Waals surface area contributed by atoms with Crippen LogP contribution in [0.2, 0.25) is 0 Å². The molecule has 1 unspecified atom stereocenters. The maximum absolute atomic E-state index is 13.4. The summed E-state index contributed by atoms with van der Waals surface area (Å²) in [5.41, 5.74) is 2.35. The molecule has 156 valence electrons. The van der Waals surface area contributed by atoms with Crippen molar-refractivity contribution in [3.63, 3.8) is 0 Å². The molecular formula is C22H28N2O4S. The summed E-state index contributed by atoms with van der Waals surface area (Å²) in [7, 11) is -1.99. The van der Waals surface area contributed by atoms with Crippen molar-refractivity contribution in [1.29, 1.82) is 0 Å². The molecule has 0 radical (unpaired) electrons. The predicted molar refractivity (Wildman–Crippen MR) is 114 cm³/mol. The number of carbonyl (C=O) groups is 1. The van der Waals surface area contributed by atoms with E-state index in [0.717, 1.165) is 30.6 Å². The number of anilines is 1. The van der Waals surface area contributed by atoms with Crippen LogP contribution in [0.25, 0.3) is 0 Å². The highest BCUT2D eigenvalue weighted by atomic mass is 32.2. The second-order valence-electron chi connectivity index (χ2n) is 7.49. The van der Waals surface area contributed by atoms with Crippen molar-refractivity contribution in [2.24, 2.45) is 0 Å². The Morgan fingerprint density at radius 2 is 1.86 bits per heavy atom. The normalized spacial score (nSPS) is 18.1. The summed E-state index contributed by atoms with van der Waals surface area (Å²) in [6, 6.07) is 12.8. The van der Waals surface area contributed by atoms with Gasteiger partial charge in [0.05, 0.1) is 12.0 Å². The zero-order valence-electron chi connectivity index (χ0n) is 17.1. The number of methoxy groups -OCH3 is 1. The van der Waals surface area contributed by atoms with Crippen molar-refractivity contribution >= 4 is 21.6 Å². The van der Waals surface area contributed by atoms with Gasteiger partial charge in [0, 0.05) is 25.7 Å². The van der Waals surface area contributed by atoms with E-state index < -0.39 is 10.0 Å². The predicted octanol–water partition coefficient (Wildman–Crippen LogP) is 3.92. The van der Waals surface area contributed by atoms with Crippen molar-refractivity contribution < 1.29 is 17.9 Å². The van der Waals surface area contributed by atoms with Gasteiger partial charge < -0.3 is 10.1 Å². The minimum atomic E-state index is -3.62. The van der Waals surface area contributed by atoms with Crippen LogP contribution in [-0.4, -0.2) is 38.8 Å². The van der Waals surface area contributed by atoms with Crippen LogP contribution < -0.4 is 10.1 Å². The van der Waals surface area contributed by atoms with Gasteiger partial charge >= 0.3 is 0 Å². The van der Waals surface area contributed by atoms with Gasteiger partial charge in [0.15, 0.2) is 0 Å². The van der Waals surface area contributed by atoms with E-state index in [1.807, 2.05) is 24.3 Å². The fraction of sp³-hybridized carbons (Fsp3) is 0.409. The van der Waals surface area contributed by atoms with Crippen molar-refractivity contribution in [3.05, 3.63) is 53.6 Å². The molecule has 2 aromatic rings. The van der Waals surface area contributed by atoms with E-state index >= 15 is 0 Å².